The molecule has 0 spiro atoms. The summed E-state index contributed by atoms with van der Waals surface area (Å²) in [4.78, 5) is 20.8. The molecule has 6 heteroatoms. The predicted molar refractivity (Wildman–Crippen MR) is 98.4 cm³/mol. The summed E-state index contributed by atoms with van der Waals surface area (Å²) in [5.74, 6) is 0. The first-order valence-electron chi connectivity index (χ1n) is 8.80. The third kappa shape index (κ3) is 3.44. The Labute approximate surface area is 152 Å². The van der Waals surface area contributed by atoms with E-state index in [9.17, 15) is 4.79 Å². The van der Waals surface area contributed by atoms with E-state index in [0.717, 1.165) is 18.4 Å². The van der Waals surface area contributed by atoms with Crippen LogP contribution in [0, 0.1) is 0 Å². The van der Waals surface area contributed by atoms with Crippen molar-refractivity contribution in [3.63, 3.8) is 0 Å². The fourth-order valence-electron chi connectivity index (χ4n) is 3.58. The molecule has 2 amide bonds. The zero-order chi connectivity index (χ0) is 17.8. The van der Waals surface area contributed by atoms with Gasteiger partial charge in [-0.05, 0) is 35.6 Å². The zero-order valence-electron chi connectivity index (χ0n) is 14.4. The summed E-state index contributed by atoms with van der Waals surface area (Å²) in [6.07, 6.45) is 11.0. The predicted octanol–water partition coefficient (Wildman–Crippen LogP) is 3.01. The van der Waals surface area contributed by atoms with Gasteiger partial charge in [0.05, 0.1) is 18.4 Å². The van der Waals surface area contributed by atoms with E-state index in [4.69, 9.17) is 0 Å². The molecule has 0 aliphatic heterocycles. The number of nitrogens with zero attached hydrogens (tertiary/aromatic N) is 3. The molecule has 0 bridgehead atoms. The van der Waals surface area contributed by atoms with Crippen molar-refractivity contribution in [3.8, 4) is 0 Å². The van der Waals surface area contributed by atoms with Crippen LogP contribution in [0.4, 0.5) is 4.79 Å². The van der Waals surface area contributed by atoms with Crippen molar-refractivity contribution in [3.05, 3.63) is 84.2 Å². The van der Waals surface area contributed by atoms with Crippen molar-refractivity contribution in [1.82, 2.24) is 25.2 Å². The van der Waals surface area contributed by atoms with E-state index in [1.54, 1.807) is 18.6 Å². The highest BCUT2D eigenvalue weighted by Crippen LogP contribution is 2.37. The van der Waals surface area contributed by atoms with Gasteiger partial charge in [0.25, 0.3) is 0 Å². The van der Waals surface area contributed by atoms with E-state index in [1.807, 2.05) is 30.7 Å². The van der Waals surface area contributed by atoms with Crippen LogP contribution >= 0.6 is 0 Å². The number of fused-ring (bicyclic) bond motifs is 1. The van der Waals surface area contributed by atoms with Crippen molar-refractivity contribution in [1.29, 1.82) is 0 Å². The summed E-state index contributed by atoms with van der Waals surface area (Å²) >= 11 is 0. The van der Waals surface area contributed by atoms with E-state index in [0.29, 0.717) is 6.54 Å². The SMILES string of the molecule is O=C(NCc1cccnc1)N[C@H]1c2ccccc2CC[C@@H]1n1ccnc1. The lowest BCUT2D eigenvalue weighted by atomic mass is 9.84. The maximum Gasteiger partial charge on any atom is 0.315 e. The third-order valence-corrected chi connectivity index (χ3v) is 4.85. The summed E-state index contributed by atoms with van der Waals surface area (Å²) < 4.78 is 2.09. The van der Waals surface area contributed by atoms with Gasteiger partial charge in [-0.15, -0.1) is 0 Å². The molecular weight excluding hydrogens is 326 g/mol. The summed E-state index contributed by atoms with van der Waals surface area (Å²) in [7, 11) is 0. The van der Waals surface area contributed by atoms with E-state index in [1.165, 1.54) is 11.1 Å². The molecule has 1 aromatic carbocycles. The molecular formula is C20H21N5O. The highest BCUT2D eigenvalue weighted by molar-refractivity contribution is 5.74. The topological polar surface area (TPSA) is 71.8 Å². The first kappa shape index (κ1) is 16.3. The molecule has 4 rings (SSSR count). The van der Waals surface area contributed by atoms with Gasteiger partial charge in [-0.2, -0.15) is 0 Å². The first-order valence-corrected chi connectivity index (χ1v) is 8.80. The number of imidazole rings is 1. The van der Waals surface area contributed by atoms with E-state index in [-0.39, 0.29) is 18.1 Å². The monoisotopic (exact) mass is 347 g/mol. The number of nitrogens with one attached hydrogen (secondary N) is 2. The van der Waals surface area contributed by atoms with Gasteiger partial charge in [0.2, 0.25) is 0 Å². The van der Waals surface area contributed by atoms with Crippen LogP contribution < -0.4 is 10.6 Å². The van der Waals surface area contributed by atoms with Crippen LogP contribution in [0.15, 0.2) is 67.5 Å². The average Bonchev–Trinajstić information content (AvgIpc) is 3.22. The van der Waals surface area contributed by atoms with E-state index >= 15 is 0 Å². The summed E-state index contributed by atoms with van der Waals surface area (Å²) in [6, 6.07) is 12.0. The Kier molecular flexibility index (Phi) is 4.64. The molecule has 0 saturated heterocycles. The maximum atomic E-state index is 12.5. The lowest BCUT2D eigenvalue weighted by molar-refractivity contribution is 0.227. The molecule has 0 unspecified atom stereocenters. The zero-order valence-corrected chi connectivity index (χ0v) is 14.4. The molecule has 2 aromatic heterocycles. The molecule has 6 nitrogen and oxygen atoms in total. The molecule has 0 radical (unpaired) electrons. The standard InChI is InChI=1S/C20H21N5O/c26-20(23-13-15-4-3-9-21-12-15)24-19-17-6-2-1-5-16(17)7-8-18(19)25-11-10-22-14-25/h1-6,9-12,14,18-19H,7-8,13H2,(H2,23,24,26)/t18-,19-/m0/s1. The fraction of sp³-hybridized carbons (Fsp3) is 0.250. The van der Waals surface area contributed by atoms with Crippen molar-refractivity contribution < 1.29 is 4.79 Å². The van der Waals surface area contributed by atoms with Crippen LogP contribution in [0.1, 0.15) is 35.2 Å². The minimum Gasteiger partial charge on any atom is -0.334 e. The second kappa shape index (κ2) is 7.39. The molecule has 3 aromatic rings. The fourth-order valence-corrected chi connectivity index (χ4v) is 3.58. The van der Waals surface area contributed by atoms with E-state index in [2.05, 4.69) is 43.4 Å². The number of carbonyl (C=O) groups is 1. The Bertz CT molecular complexity index is 863. The molecule has 1 aliphatic rings. The van der Waals surface area contributed by atoms with Gasteiger partial charge in [0.1, 0.15) is 0 Å². The lowest BCUT2D eigenvalue weighted by Gasteiger charge is -2.35. The summed E-state index contributed by atoms with van der Waals surface area (Å²) in [6.45, 7) is 0.448. The lowest BCUT2D eigenvalue weighted by Crippen LogP contribution is -2.42. The first-order chi connectivity index (χ1) is 12.8. The number of amides is 2. The van der Waals surface area contributed by atoms with Crippen LogP contribution in [-0.4, -0.2) is 20.6 Å². The summed E-state index contributed by atoms with van der Waals surface area (Å²) in [5, 5.41) is 6.09. The van der Waals surface area contributed by atoms with Crippen LogP contribution in [0.25, 0.3) is 0 Å². The van der Waals surface area contributed by atoms with Gasteiger partial charge in [-0.3, -0.25) is 4.98 Å². The average molecular weight is 347 g/mol. The van der Waals surface area contributed by atoms with Crippen molar-refractivity contribution >= 4 is 6.03 Å². The number of hydrogen-bond acceptors (Lipinski definition) is 3. The van der Waals surface area contributed by atoms with Gasteiger partial charge in [-0.25, -0.2) is 9.78 Å². The number of pyridine rings is 1. The quantitative estimate of drug-likeness (QED) is 0.762. The van der Waals surface area contributed by atoms with Gasteiger partial charge in [0.15, 0.2) is 0 Å². The van der Waals surface area contributed by atoms with Crippen LogP contribution in [0.2, 0.25) is 0 Å². The Morgan fingerprint density at radius 3 is 2.88 bits per heavy atom. The maximum absolute atomic E-state index is 12.5. The number of aryl methyl sites for hydroxylation is 1. The van der Waals surface area contributed by atoms with Gasteiger partial charge >= 0.3 is 6.03 Å². The van der Waals surface area contributed by atoms with E-state index < -0.39 is 0 Å². The second-order valence-electron chi connectivity index (χ2n) is 6.48. The van der Waals surface area contributed by atoms with Crippen molar-refractivity contribution in [2.45, 2.75) is 31.5 Å². The van der Waals surface area contributed by atoms with Crippen LogP contribution in [-0.2, 0) is 13.0 Å². The van der Waals surface area contributed by atoms with Crippen LogP contribution in [0.5, 0.6) is 0 Å². The van der Waals surface area contributed by atoms with Crippen molar-refractivity contribution in [2.24, 2.45) is 0 Å². The number of rotatable bonds is 4. The Morgan fingerprint density at radius 2 is 2.08 bits per heavy atom. The van der Waals surface area contributed by atoms with Gasteiger partial charge in [-0.1, -0.05) is 30.3 Å². The summed E-state index contributed by atoms with van der Waals surface area (Å²) in [5.41, 5.74) is 3.44. The number of aromatic nitrogens is 3. The normalized spacial score (nSPS) is 18.8. The molecule has 132 valence electrons. The number of urea groups is 1. The van der Waals surface area contributed by atoms with Crippen molar-refractivity contribution in [2.75, 3.05) is 0 Å². The molecule has 2 N–H and O–H groups in total. The molecule has 2 atom stereocenters. The minimum atomic E-state index is -0.180. The molecule has 0 saturated carbocycles. The highest BCUT2D eigenvalue weighted by atomic mass is 16.2. The Hall–Kier alpha value is -3.15. The molecule has 0 fully saturated rings. The second-order valence-corrected chi connectivity index (χ2v) is 6.48. The Morgan fingerprint density at radius 1 is 1.15 bits per heavy atom. The number of carbonyl (C=O) groups excluding carboxylic acids is 1. The van der Waals surface area contributed by atoms with Gasteiger partial charge in [0, 0.05) is 31.3 Å². The minimum absolute atomic E-state index is 0.0944. The number of benzene rings is 1. The molecule has 1 aliphatic carbocycles. The smallest absolute Gasteiger partial charge is 0.315 e. The largest absolute Gasteiger partial charge is 0.334 e. The molecule has 2 heterocycles. The van der Waals surface area contributed by atoms with Gasteiger partial charge < -0.3 is 15.2 Å². The third-order valence-electron chi connectivity index (χ3n) is 4.85. The van der Waals surface area contributed by atoms with Crippen LogP contribution in [0.3, 0.4) is 0 Å². The number of hydrogen-bond donors (Lipinski definition) is 2. The highest BCUT2D eigenvalue weighted by Gasteiger charge is 2.31. The Balaban J connectivity index is 1.52. The molecule has 26 heavy (non-hydrogen) atoms.